The number of hydrogen-bond acceptors (Lipinski definition) is 3. The minimum atomic E-state index is -0.258. The summed E-state index contributed by atoms with van der Waals surface area (Å²) in [5.74, 6) is 0.565. The molecule has 0 saturated heterocycles. The average Bonchev–Trinajstić information content (AvgIpc) is 3.24. The van der Waals surface area contributed by atoms with Gasteiger partial charge in [-0.2, -0.15) is 5.10 Å². The van der Waals surface area contributed by atoms with Crippen LogP contribution in [0.1, 0.15) is 25.3 Å². The number of nitrogens with two attached hydrogens (primary N) is 1. The molecule has 2 aromatic rings. The summed E-state index contributed by atoms with van der Waals surface area (Å²) in [5.41, 5.74) is 7.56. The van der Waals surface area contributed by atoms with Crippen molar-refractivity contribution in [2.45, 2.75) is 31.7 Å². The molecule has 3 rings (SSSR count). The second kappa shape index (κ2) is 7.15. The molecule has 6 heteroatoms. The number of carbonyl (C=O) groups is 1. The van der Waals surface area contributed by atoms with Gasteiger partial charge in [0.05, 0.1) is 17.6 Å². The Labute approximate surface area is 142 Å². The van der Waals surface area contributed by atoms with Crippen molar-refractivity contribution in [3.8, 4) is 5.69 Å². The van der Waals surface area contributed by atoms with Crippen molar-refractivity contribution in [3.05, 3.63) is 48.3 Å². The Morgan fingerprint density at radius 1 is 1.39 bits per heavy atom. The first kappa shape index (κ1) is 17.5. The van der Waals surface area contributed by atoms with E-state index >= 15 is 0 Å². The fourth-order valence-corrected chi connectivity index (χ4v) is 2.78. The highest BCUT2D eigenvalue weighted by molar-refractivity contribution is 5.85. The van der Waals surface area contributed by atoms with E-state index in [1.807, 2.05) is 43.5 Å². The quantitative estimate of drug-likeness (QED) is 0.849. The van der Waals surface area contributed by atoms with Crippen LogP contribution in [0.3, 0.4) is 0 Å². The third-order valence-corrected chi connectivity index (χ3v) is 4.40. The van der Waals surface area contributed by atoms with Crippen LogP contribution in [-0.2, 0) is 11.2 Å². The predicted octanol–water partition coefficient (Wildman–Crippen LogP) is 2.08. The van der Waals surface area contributed by atoms with Crippen LogP contribution >= 0.6 is 12.4 Å². The molecule has 1 saturated carbocycles. The van der Waals surface area contributed by atoms with Crippen molar-refractivity contribution in [2.75, 3.05) is 6.54 Å². The molecule has 0 radical (unpaired) electrons. The summed E-state index contributed by atoms with van der Waals surface area (Å²) in [4.78, 5) is 12.2. The van der Waals surface area contributed by atoms with E-state index in [1.165, 1.54) is 0 Å². The van der Waals surface area contributed by atoms with Crippen molar-refractivity contribution >= 4 is 18.3 Å². The first-order valence-electron chi connectivity index (χ1n) is 7.71. The van der Waals surface area contributed by atoms with Crippen LogP contribution in [0.15, 0.2) is 42.7 Å². The zero-order chi connectivity index (χ0) is 15.6. The van der Waals surface area contributed by atoms with Crippen LogP contribution in [0.25, 0.3) is 5.69 Å². The third-order valence-electron chi connectivity index (χ3n) is 4.40. The lowest BCUT2D eigenvalue weighted by molar-refractivity contribution is -0.122. The number of benzene rings is 1. The smallest absolute Gasteiger partial charge is 0.224 e. The fourth-order valence-electron chi connectivity index (χ4n) is 2.78. The fraction of sp³-hybridized carbons (Fsp3) is 0.412. The van der Waals surface area contributed by atoms with Crippen molar-refractivity contribution in [2.24, 2.45) is 11.7 Å². The molecule has 0 aliphatic heterocycles. The Kier molecular flexibility index (Phi) is 5.44. The van der Waals surface area contributed by atoms with Crippen LogP contribution in [0, 0.1) is 5.92 Å². The van der Waals surface area contributed by atoms with E-state index in [9.17, 15) is 4.79 Å². The largest absolute Gasteiger partial charge is 0.349 e. The first-order valence-corrected chi connectivity index (χ1v) is 7.71. The van der Waals surface area contributed by atoms with Crippen molar-refractivity contribution < 1.29 is 4.79 Å². The standard InChI is InChI=1S/C17H22N4O.ClH/c1-17(12-18,14-5-6-14)20-16(22)11-13-3-7-15(8-4-13)21-10-2-9-19-21;/h2-4,7-10,14H,5-6,11-12,18H2,1H3,(H,20,22);1H. The molecular weight excluding hydrogens is 312 g/mol. The summed E-state index contributed by atoms with van der Waals surface area (Å²) >= 11 is 0. The topological polar surface area (TPSA) is 72.9 Å². The second-order valence-corrected chi connectivity index (χ2v) is 6.24. The lowest BCUT2D eigenvalue weighted by Crippen LogP contribution is -2.53. The SMILES string of the molecule is CC(CN)(NC(=O)Cc1ccc(-n2cccn2)cc1)C1CC1.Cl. The van der Waals surface area contributed by atoms with E-state index in [4.69, 9.17) is 5.73 Å². The van der Waals surface area contributed by atoms with Gasteiger partial charge in [-0.25, -0.2) is 4.68 Å². The van der Waals surface area contributed by atoms with E-state index < -0.39 is 0 Å². The van der Waals surface area contributed by atoms with Crippen LogP contribution in [-0.4, -0.2) is 27.8 Å². The molecule has 1 unspecified atom stereocenters. The predicted molar refractivity (Wildman–Crippen MR) is 92.8 cm³/mol. The Morgan fingerprint density at radius 2 is 2.09 bits per heavy atom. The molecule has 124 valence electrons. The normalized spacial score (nSPS) is 16.3. The van der Waals surface area contributed by atoms with Gasteiger partial charge in [-0.15, -0.1) is 12.4 Å². The lowest BCUT2D eigenvalue weighted by atomic mass is 9.95. The lowest BCUT2D eigenvalue weighted by Gasteiger charge is -2.29. The molecule has 1 aliphatic rings. The third kappa shape index (κ3) is 4.12. The summed E-state index contributed by atoms with van der Waals surface area (Å²) in [5, 5.41) is 7.30. The van der Waals surface area contributed by atoms with Gasteiger partial charge in [0.25, 0.3) is 0 Å². The molecule has 0 spiro atoms. The van der Waals surface area contributed by atoms with Gasteiger partial charge in [0.15, 0.2) is 0 Å². The summed E-state index contributed by atoms with van der Waals surface area (Å²) in [6, 6.07) is 9.76. The molecule has 1 aliphatic carbocycles. The first-order chi connectivity index (χ1) is 10.6. The number of nitrogens with zero attached hydrogens (tertiary/aromatic N) is 2. The molecular formula is C17H23ClN4O. The monoisotopic (exact) mass is 334 g/mol. The Hall–Kier alpha value is -1.85. The maximum atomic E-state index is 12.2. The molecule has 5 nitrogen and oxygen atoms in total. The van der Waals surface area contributed by atoms with Gasteiger partial charge in [-0.3, -0.25) is 4.79 Å². The van der Waals surface area contributed by atoms with Gasteiger partial charge >= 0.3 is 0 Å². The second-order valence-electron chi connectivity index (χ2n) is 6.24. The van der Waals surface area contributed by atoms with Crippen LogP contribution in [0.4, 0.5) is 0 Å². The molecule has 1 fully saturated rings. The minimum Gasteiger partial charge on any atom is -0.349 e. The maximum Gasteiger partial charge on any atom is 0.224 e. The van der Waals surface area contributed by atoms with Crippen molar-refractivity contribution in [1.29, 1.82) is 0 Å². The van der Waals surface area contributed by atoms with Crippen molar-refractivity contribution in [1.82, 2.24) is 15.1 Å². The van der Waals surface area contributed by atoms with Crippen LogP contribution < -0.4 is 11.1 Å². The summed E-state index contributed by atoms with van der Waals surface area (Å²) in [6.07, 6.45) is 6.33. The van der Waals surface area contributed by atoms with Crippen molar-refractivity contribution in [3.63, 3.8) is 0 Å². The number of nitrogens with one attached hydrogen (secondary N) is 1. The van der Waals surface area contributed by atoms with E-state index in [1.54, 1.807) is 10.9 Å². The highest BCUT2D eigenvalue weighted by Gasteiger charge is 2.41. The van der Waals surface area contributed by atoms with E-state index in [0.29, 0.717) is 18.9 Å². The van der Waals surface area contributed by atoms with Gasteiger partial charge in [0, 0.05) is 18.9 Å². The van der Waals surface area contributed by atoms with Gasteiger partial charge in [-0.05, 0) is 49.4 Å². The molecule has 1 atom stereocenters. The number of rotatable bonds is 6. The highest BCUT2D eigenvalue weighted by atomic mass is 35.5. The summed E-state index contributed by atoms with van der Waals surface area (Å²) in [7, 11) is 0. The minimum absolute atomic E-state index is 0. The Balaban J connectivity index is 0.00000192. The zero-order valence-electron chi connectivity index (χ0n) is 13.2. The number of aromatic nitrogens is 2. The van der Waals surface area contributed by atoms with E-state index in [-0.39, 0.29) is 23.9 Å². The average molecular weight is 335 g/mol. The van der Waals surface area contributed by atoms with E-state index in [2.05, 4.69) is 10.4 Å². The summed E-state index contributed by atoms with van der Waals surface area (Å²) < 4.78 is 1.79. The molecule has 1 aromatic carbocycles. The molecule has 1 amide bonds. The van der Waals surface area contributed by atoms with Gasteiger partial charge in [0.2, 0.25) is 5.91 Å². The number of halogens is 1. The molecule has 3 N–H and O–H groups in total. The number of carbonyl (C=O) groups excluding carboxylic acids is 1. The molecule has 23 heavy (non-hydrogen) atoms. The van der Waals surface area contributed by atoms with E-state index in [0.717, 1.165) is 24.1 Å². The molecule has 1 aromatic heterocycles. The van der Waals surface area contributed by atoms with Crippen LogP contribution in [0.2, 0.25) is 0 Å². The molecule has 1 heterocycles. The highest BCUT2D eigenvalue weighted by Crippen LogP contribution is 2.38. The number of amides is 1. The maximum absolute atomic E-state index is 12.2. The Morgan fingerprint density at radius 3 is 2.61 bits per heavy atom. The van der Waals surface area contributed by atoms with Gasteiger partial charge in [0.1, 0.15) is 0 Å². The van der Waals surface area contributed by atoms with Crippen LogP contribution in [0.5, 0.6) is 0 Å². The van der Waals surface area contributed by atoms with Gasteiger partial charge in [-0.1, -0.05) is 12.1 Å². The Bertz CT molecular complexity index is 637. The molecule has 0 bridgehead atoms. The summed E-state index contributed by atoms with van der Waals surface area (Å²) in [6.45, 7) is 2.53. The van der Waals surface area contributed by atoms with Gasteiger partial charge < -0.3 is 11.1 Å². The number of hydrogen-bond donors (Lipinski definition) is 2. The zero-order valence-corrected chi connectivity index (χ0v) is 14.1.